The highest BCUT2D eigenvalue weighted by molar-refractivity contribution is 5.84. The Bertz CT molecular complexity index is 1230. The number of para-hydroxylation sites is 1. The van der Waals surface area contributed by atoms with E-state index in [4.69, 9.17) is 9.72 Å². The lowest BCUT2D eigenvalue weighted by atomic mass is 9.83. The Morgan fingerprint density at radius 1 is 1.26 bits per heavy atom. The number of nitrogens with one attached hydrogen (secondary N) is 1. The molecule has 2 aliphatic heterocycles. The van der Waals surface area contributed by atoms with Crippen LogP contribution in [0.15, 0.2) is 48.7 Å². The fraction of sp³-hybridized carbons (Fsp3) is 0.429. The number of ether oxygens (including phenoxy) is 1. The molecule has 7 heteroatoms. The Morgan fingerprint density at radius 3 is 3.03 bits per heavy atom. The van der Waals surface area contributed by atoms with Gasteiger partial charge >= 0.3 is 5.97 Å². The molecule has 0 saturated carbocycles. The topological polar surface area (TPSA) is 84.4 Å². The van der Waals surface area contributed by atoms with Gasteiger partial charge in [0.25, 0.3) is 0 Å². The quantitative estimate of drug-likeness (QED) is 0.497. The van der Waals surface area contributed by atoms with Crippen LogP contribution >= 0.6 is 0 Å². The molecule has 1 amide bonds. The molecule has 1 N–H and O–H groups in total. The fourth-order valence-corrected chi connectivity index (χ4v) is 5.36. The lowest BCUT2D eigenvalue weighted by Crippen LogP contribution is -2.31. The summed E-state index contributed by atoms with van der Waals surface area (Å²) in [6.07, 6.45) is 6.65. The number of benzene rings is 1. The van der Waals surface area contributed by atoms with Gasteiger partial charge in [-0.05, 0) is 61.4 Å². The lowest BCUT2D eigenvalue weighted by Gasteiger charge is -2.23. The molecule has 4 heterocycles. The van der Waals surface area contributed by atoms with Crippen LogP contribution in [0.3, 0.4) is 0 Å². The van der Waals surface area contributed by atoms with Crippen molar-refractivity contribution in [2.75, 3.05) is 32.1 Å². The van der Waals surface area contributed by atoms with Crippen molar-refractivity contribution in [1.82, 2.24) is 14.9 Å². The monoisotopic (exact) mass is 472 g/mol. The molecule has 3 aromatic rings. The second-order valence-electron chi connectivity index (χ2n) is 9.51. The second-order valence-corrected chi connectivity index (χ2v) is 9.51. The summed E-state index contributed by atoms with van der Waals surface area (Å²) >= 11 is 0. The summed E-state index contributed by atoms with van der Waals surface area (Å²) in [4.78, 5) is 37.0. The third kappa shape index (κ3) is 5.14. The van der Waals surface area contributed by atoms with Crippen molar-refractivity contribution in [2.24, 2.45) is 5.92 Å². The average Bonchev–Trinajstić information content (AvgIpc) is 3.26. The molecular weight excluding hydrogens is 440 g/mol. The average molecular weight is 473 g/mol. The first-order valence-corrected chi connectivity index (χ1v) is 12.6. The second kappa shape index (κ2) is 10.4. The number of carbonyl (C=O) groups is 2. The van der Waals surface area contributed by atoms with Crippen molar-refractivity contribution >= 4 is 28.6 Å². The molecule has 0 radical (unpaired) electrons. The number of aromatic nitrogens is 2. The van der Waals surface area contributed by atoms with Crippen molar-refractivity contribution in [3.63, 3.8) is 0 Å². The van der Waals surface area contributed by atoms with E-state index in [-0.39, 0.29) is 30.1 Å². The maximum atomic E-state index is 13.4. The van der Waals surface area contributed by atoms with Crippen molar-refractivity contribution < 1.29 is 14.3 Å². The van der Waals surface area contributed by atoms with Crippen molar-refractivity contribution in [2.45, 2.75) is 44.4 Å². The molecule has 1 saturated heterocycles. The van der Waals surface area contributed by atoms with Crippen LogP contribution in [-0.4, -0.2) is 53.5 Å². The zero-order valence-corrected chi connectivity index (χ0v) is 20.2. The summed E-state index contributed by atoms with van der Waals surface area (Å²) in [6.45, 7) is 2.39. The molecule has 0 bridgehead atoms. The molecule has 2 atom stereocenters. The van der Waals surface area contributed by atoms with E-state index in [0.29, 0.717) is 13.1 Å². The van der Waals surface area contributed by atoms with Crippen molar-refractivity contribution in [1.29, 1.82) is 0 Å². The van der Waals surface area contributed by atoms with Gasteiger partial charge in [0.15, 0.2) is 0 Å². The molecule has 5 rings (SSSR count). The van der Waals surface area contributed by atoms with Crippen LogP contribution in [0.4, 0.5) is 5.82 Å². The first kappa shape index (κ1) is 23.3. The number of likely N-dealkylation sites (tertiary alicyclic amines) is 1. The summed E-state index contributed by atoms with van der Waals surface area (Å²) in [5.41, 5.74) is 4.17. The minimum Gasteiger partial charge on any atom is -0.469 e. The number of hydrogen-bond donors (Lipinski definition) is 1. The smallest absolute Gasteiger partial charge is 0.306 e. The van der Waals surface area contributed by atoms with Gasteiger partial charge < -0.3 is 15.0 Å². The number of esters is 1. The van der Waals surface area contributed by atoms with E-state index < -0.39 is 0 Å². The third-order valence-corrected chi connectivity index (χ3v) is 7.29. The normalized spacial score (nSPS) is 18.3. The molecule has 2 aromatic heterocycles. The summed E-state index contributed by atoms with van der Waals surface area (Å²) in [6, 6.07) is 14.2. The van der Waals surface area contributed by atoms with Crippen LogP contribution in [0.2, 0.25) is 0 Å². The maximum absolute atomic E-state index is 13.4. The molecule has 0 spiro atoms. The fourth-order valence-electron chi connectivity index (χ4n) is 5.36. The minimum absolute atomic E-state index is 0.118. The van der Waals surface area contributed by atoms with Crippen LogP contribution in [0, 0.1) is 5.92 Å². The Hall–Kier alpha value is -3.48. The highest BCUT2D eigenvalue weighted by atomic mass is 16.5. The molecular formula is C28H32N4O3. The maximum Gasteiger partial charge on any atom is 0.306 e. The third-order valence-electron chi connectivity index (χ3n) is 7.29. The van der Waals surface area contributed by atoms with Gasteiger partial charge in [-0.15, -0.1) is 0 Å². The molecule has 1 aromatic carbocycles. The summed E-state index contributed by atoms with van der Waals surface area (Å²) in [5, 5.41) is 4.40. The summed E-state index contributed by atoms with van der Waals surface area (Å²) in [7, 11) is 1.39. The Kier molecular flexibility index (Phi) is 6.93. The van der Waals surface area contributed by atoms with Crippen LogP contribution < -0.4 is 5.32 Å². The summed E-state index contributed by atoms with van der Waals surface area (Å²) < 4.78 is 4.97. The van der Waals surface area contributed by atoms with Crippen LogP contribution in [0.5, 0.6) is 0 Å². The Morgan fingerprint density at radius 2 is 2.14 bits per heavy atom. The zero-order valence-electron chi connectivity index (χ0n) is 20.2. The number of aryl methyl sites for hydroxylation is 2. The largest absolute Gasteiger partial charge is 0.469 e. The van der Waals surface area contributed by atoms with E-state index in [1.807, 2.05) is 35.4 Å². The number of carbonyl (C=O) groups excluding carboxylic acids is 2. The number of hydrogen-bond acceptors (Lipinski definition) is 6. The highest BCUT2D eigenvalue weighted by Gasteiger charge is 2.39. The van der Waals surface area contributed by atoms with Gasteiger partial charge in [0.05, 0.1) is 19.0 Å². The predicted octanol–water partition coefficient (Wildman–Crippen LogP) is 4.12. The number of fused-ring (bicyclic) bond motifs is 2. The van der Waals surface area contributed by atoms with Crippen LogP contribution in [0.1, 0.15) is 48.4 Å². The molecule has 7 nitrogen and oxygen atoms in total. The number of rotatable bonds is 8. The van der Waals surface area contributed by atoms with E-state index in [1.54, 1.807) is 0 Å². The molecule has 2 aliphatic rings. The molecule has 35 heavy (non-hydrogen) atoms. The molecule has 2 unspecified atom stereocenters. The number of methoxy groups -OCH3 is 1. The number of pyridine rings is 2. The van der Waals surface area contributed by atoms with E-state index in [1.165, 1.54) is 12.7 Å². The molecule has 182 valence electrons. The molecule has 1 fully saturated rings. The number of anilines is 1. The first-order valence-electron chi connectivity index (χ1n) is 12.6. The molecule has 0 aliphatic carbocycles. The Balaban J connectivity index is 1.25. The van der Waals surface area contributed by atoms with Crippen molar-refractivity contribution in [3.05, 3.63) is 65.5 Å². The number of nitrogens with zero attached hydrogens (tertiary/aromatic N) is 3. The van der Waals surface area contributed by atoms with E-state index >= 15 is 0 Å². The SMILES string of the molecule is COC(=O)CC(c1cnc2ccccc2c1)C1CCN(CCCc2ccc3c(n2)NCCC3)C1=O. The Labute approximate surface area is 205 Å². The van der Waals surface area contributed by atoms with Gasteiger partial charge in [-0.2, -0.15) is 0 Å². The number of amides is 1. The van der Waals surface area contributed by atoms with Crippen molar-refractivity contribution in [3.8, 4) is 0 Å². The predicted molar refractivity (Wildman–Crippen MR) is 135 cm³/mol. The summed E-state index contributed by atoms with van der Waals surface area (Å²) in [5.74, 6) is 0.336. The first-order chi connectivity index (χ1) is 17.1. The minimum atomic E-state index is -0.304. The van der Waals surface area contributed by atoms with E-state index in [9.17, 15) is 9.59 Å². The standard InChI is InChI=1S/C28H32N4O3/c1-35-26(33)17-24(21-16-20-6-2-3-9-25(20)30-18-21)23-12-15-32(28(23)34)14-5-8-22-11-10-19-7-4-13-29-27(19)31-22/h2-3,6,9-11,16,18,23-24H,4-5,7-8,12-15,17H2,1H3,(H,29,31). The van der Waals surface area contributed by atoms with Gasteiger partial charge in [0.2, 0.25) is 5.91 Å². The van der Waals surface area contributed by atoms with Gasteiger partial charge in [0, 0.05) is 48.7 Å². The van der Waals surface area contributed by atoms with E-state index in [2.05, 4.69) is 28.5 Å². The highest BCUT2D eigenvalue weighted by Crippen LogP contribution is 2.36. The van der Waals surface area contributed by atoms with E-state index in [0.717, 1.165) is 66.6 Å². The lowest BCUT2D eigenvalue weighted by molar-refractivity contribution is -0.141. The van der Waals surface area contributed by atoms with Gasteiger partial charge in [0.1, 0.15) is 5.82 Å². The van der Waals surface area contributed by atoms with Gasteiger partial charge in [-0.25, -0.2) is 4.98 Å². The van der Waals surface area contributed by atoms with Gasteiger partial charge in [-0.1, -0.05) is 24.3 Å². The van der Waals surface area contributed by atoms with Gasteiger partial charge in [-0.3, -0.25) is 14.6 Å². The van der Waals surface area contributed by atoms with Crippen LogP contribution in [0.25, 0.3) is 10.9 Å². The zero-order chi connectivity index (χ0) is 24.2. The van der Waals surface area contributed by atoms with Crippen LogP contribution in [-0.2, 0) is 27.2 Å².